The smallest absolute Gasteiger partial charge is 0.192 e. The summed E-state index contributed by atoms with van der Waals surface area (Å²) in [5.74, 6) is 0.627. The number of halogens is 1. The number of aryl methyl sites for hydroxylation is 1. The molecule has 0 aliphatic heterocycles. The molecule has 1 aromatic rings. The summed E-state index contributed by atoms with van der Waals surface area (Å²) in [6, 6.07) is 0. The van der Waals surface area contributed by atoms with Crippen LogP contribution in [0.15, 0.2) is 6.20 Å². The summed E-state index contributed by atoms with van der Waals surface area (Å²) in [6.07, 6.45) is 6.66. The van der Waals surface area contributed by atoms with E-state index in [2.05, 4.69) is 5.10 Å². The molecule has 2 rings (SSSR count). The monoisotopic (exact) mass is 272 g/mol. The minimum Gasteiger partial charge on any atom is -0.291 e. The van der Waals surface area contributed by atoms with Gasteiger partial charge in [0.1, 0.15) is 5.69 Å². The lowest BCUT2D eigenvalue weighted by molar-refractivity contribution is 0.101. The normalized spacial score (nSPS) is 16.6. The number of carbonyl (C=O) groups excluding carboxylic acids is 1. The minimum atomic E-state index is 0.103. The maximum atomic E-state index is 12.1. The Morgan fingerprint density at radius 3 is 2.94 bits per heavy atom. The lowest BCUT2D eigenvalue weighted by atomic mass is 10.3. The molecule has 3 nitrogen and oxygen atoms in total. The Hall–Kier alpha value is -0.480. The summed E-state index contributed by atoms with van der Waals surface area (Å²) in [5.41, 5.74) is 0.569. The molecule has 0 N–H and O–H groups in total. The van der Waals surface area contributed by atoms with Crippen LogP contribution in [0, 0.1) is 0 Å². The average Bonchev–Trinajstić information content (AvgIpc) is 2.94. The third-order valence-corrected chi connectivity index (χ3v) is 4.76. The number of hydrogen-bond donors (Lipinski definition) is 0. The predicted octanol–water partition coefficient (Wildman–Crippen LogP) is 3.41. The zero-order valence-corrected chi connectivity index (χ0v) is 11.6. The molecule has 1 aliphatic carbocycles. The summed E-state index contributed by atoms with van der Waals surface area (Å²) in [4.78, 5) is 12.1. The first-order chi connectivity index (χ1) is 8.22. The van der Waals surface area contributed by atoms with E-state index in [1.54, 1.807) is 22.6 Å². The van der Waals surface area contributed by atoms with Crippen molar-refractivity contribution in [3.05, 3.63) is 16.9 Å². The van der Waals surface area contributed by atoms with Gasteiger partial charge in [0.15, 0.2) is 5.78 Å². The van der Waals surface area contributed by atoms with Crippen molar-refractivity contribution in [2.75, 3.05) is 5.75 Å². The van der Waals surface area contributed by atoms with E-state index >= 15 is 0 Å². The second kappa shape index (κ2) is 5.91. The largest absolute Gasteiger partial charge is 0.291 e. The maximum absolute atomic E-state index is 12.1. The van der Waals surface area contributed by atoms with Crippen LogP contribution in [-0.4, -0.2) is 26.6 Å². The van der Waals surface area contributed by atoms with Crippen molar-refractivity contribution in [3.8, 4) is 0 Å². The minimum absolute atomic E-state index is 0.103. The molecule has 0 bridgehead atoms. The van der Waals surface area contributed by atoms with Crippen molar-refractivity contribution in [2.45, 2.75) is 44.4 Å². The molecule has 94 valence electrons. The lowest BCUT2D eigenvalue weighted by Crippen LogP contribution is -2.13. The average molecular weight is 273 g/mol. The fraction of sp³-hybridized carbons (Fsp3) is 0.667. The van der Waals surface area contributed by atoms with E-state index in [4.69, 9.17) is 11.6 Å². The van der Waals surface area contributed by atoms with Crippen LogP contribution in [0.4, 0.5) is 0 Å². The second-order valence-electron chi connectivity index (χ2n) is 4.30. The summed E-state index contributed by atoms with van der Waals surface area (Å²) in [5, 5.41) is 5.23. The maximum Gasteiger partial charge on any atom is 0.192 e. The highest BCUT2D eigenvalue weighted by Gasteiger charge is 2.20. The topological polar surface area (TPSA) is 34.9 Å². The highest BCUT2D eigenvalue weighted by molar-refractivity contribution is 8.00. The zero-order valence-electron chi connectivity index (χ0n) is 9.99. The van der Waals surface area contributed by atoms with Crippen molar-refractivity contribution >= 4 is 29.1 Å². The van der Waals surface area contributed by atoms with Gasteiger partial charge in [0, 0.05) is 11.8 Å². The van der Waals surface area contributed by atoms with Gasteiger partial charge in [0.25, 0.3) is 0 Å². The second-order valence-corrected chi connectivity index (χ2v) is 5.99. The molecule has 0 amide bonds. The summed E-state index contributed by atoms with van der Waals surface area (Å²) >= 11 is 7.77. The number of hydrogen-bond acceptors (Lipinski definition) is 3. The van der Waals surface area contributed by atoms with E-state index in [1.807, 2.05) is 6.92 Å². The number of nitrogens with zero attached hydrogens (tertiary/aromatic N) is 2. The number of ketones is 1. The van der Waals surface area contributed by atoms with Gasteiger partial charge in [-0.05, 0) is 19.8 Å². The van der Waals surface area contributed by atoms with Gasteiger partial charge in [0.05, 0.1) is 17.0 Å². The molecule has 0 spiro atoms. The molecule has 1 aromatic heterocycles. The standard InChI is InChI=1S/C12H17ClN2OS/c1-2-15-12(10(13)7-14-15)11(16)8-17-9-5-3-4-6-9/h7,9H,2-6,8H2,1H3. The van der Waals surface area contributed by atoms with Gasteiger partial charge in [-0.3, -0.25) is 9.48 Å². The third-order valence-electron chi connectivity index (χ3n) is 3.11. The summed E-state index contributed by atoms with van der Waals surface area (Å²) < 4.78 is 1.68. The Kier molecular flexibility index (Phi) is 4.51. The van der Waals surface area contributed by atoms with Gasteiger partial charge >= 0.3 is 0 Å². The fourth-order valence-electron chi connectivity index (χ4n) is 2.20. The Balaban J connectivity index is 1.96. The van der Waals surface area contributed by atoms with Crippen LogP contribution >= 0.6 is 23.4 Å². The first-order valence-corrected chi connectivity index (χ1v) is 7.51. The molecule has 0 aromatic carbocycles. The van der Waals surface area contributed by atoms with E-state index in [0.717, 1.165) is 0 Å². The molecule has 1 fully saturated rings. The van der Waals surface area contributed by atoms with Crippen LogP contribution in [0.3, 0.4) is 0 Å². The molecule has 0 unspecified atom stereocenters. The van der Waals surface area contributed by atoms with Gasteiger partial charge in [-0.2, -0.15) is 16.9 Å². The Bertz CT molecular complexity index is 399. The third kappa shape index (κ3) is 3.05. The number of thioether (sulfide) groups is 1. The highest BCUT2D eigenvalue weighted by Crippen LogP contribution is 2.30. The van der Waals surface area contributed by atoms with E-state index < -0.39 is 0 Å². The summed E-state index contributed by atoms with van der Waals surface area (Å²) in [6.45, 7) is 2.64. The van der Waals surface area contributed by atoms with Crippen molar-refractivity contribution in [3.63, 3.8) is 0 Å². The van der Waals surface area contributed by atoms with E-state index in [9.17, 15) is 4.79 Å². The van der Waals surface area contributed by atoms with Crippen molar-refractivity contribution in [1.82, 2.24) is 9.78 Å². The van der Waals surface area contributed by atoms with Gasteiger partial charge < -0.3 is 0 Å². The van der Waals surface area contributed by atoms with Crippen LogP contribution in [0.2, 0.25) is 5.02 Å². The number of Topliss-reactive ketones (excluding diaryl/α,β-unsaturated/α-hetero) is 1. The first-order valence-electron chi connectivity index (χ1n) is 6.08. The highest BCUT2D eigenvalue weighted by atomic mass is 35.5. The van der Waals surface area contributed by atoms with Gasteiger partial charge in [-0.15, -0.1) is 0 Å². The summed E-state index contributed by atoms with van der Waals surface area (Å²) in [7, 11) is 0. The van der Waals surface area contributed by atoms with Crippen molar-refractivity contribution in [1.29, 1.82) is 0 Å². The molecular formula is C12H17ClN2OS. The van der Waals surface area contributed by atoms with E-state index in [-0.39, 0.29) is 5.78 Å². The number of rotatable bonds is 5. The van der Waals surface area contributed by atoms with Gasteiger partial charge in [0.2, 0.25) is 0 Å². The van der Waals surface area contributed by atoms with Gasteiger partial charge in [-0.25, -0.2) is 0 Å². The van der Waals surface area contributed by atoms with Crippen LogP contribution in [-0.2, 0) is 6.54 Å². The van der Waals surface area contributed by atoms with Gasteiger partial charge in [-0.1, -0.05) is 24.4 Å². The Morgan fingerprint density at radius 2 is 2.29 bits per heavy atom. The molecule has 1 heterocycles. The Labute approximate surface area is 111 Å². The van der Waals surface area contributed by atoms with E-state index in [1.165, 1.54) is 25.7 Å². The molecule has 17 heavy (non-hydrogen) atoms. The Morgan fingerprint density at radius 1 is 1.59 bits per heavy atom. The molecular weight excluding hydrogens is 256 g/mol. The first kappa shape index (κ1) is 13.0. The molecule has 1 aliphatic rings. The molecule has 0 atom stereocenters. The van der Waals surface area contributed by atoms with Crippen LogP contribution in [0.25, 0.3) is 0 Å². The quantitative estimate of drug-likeness (QED) is 0.771. The van der Waals surface area contributed by atoms with Crippen molar-refractivity contribution in [2.24, 2.45) is 0 Å². The predicted molar refractivity (Wildman–Crippen MR) is 72.0 cm³/mol. The van der Waals surface area contributed by atoms with Crippen LogP contribution < -0.4 is 0 Å². The van der Waals surface area contributed by atoms with Crippen LogP contribution in [0.5, 0.6) is 0 Å². The molecule has 0 saturated heterocycles. The zero-order chi connectivity index (χ0) is 12.3. The van der Waals surface area contributed by atoms with Crippen LogP contribution in [0.1, 0.15) is 43.1 Å². The molecule has 5 heteroatoms. The fourth-order valence-corrected chi connectivity index (χ4v) is 3.63. The molecule has 1 saturated carbocycles. The molecule has 0 radical (unpaired) electrons. The number of aromatic nitrogens is 2. The van der Waals surface area contributed by atoms with E-state index in [0.29, 0.717) is 28.3 Å². The number of carbonyl (C=O) groups is 1. The SMILES string of the molecule is CCn1ncc(Cl)c1C(=O)CSC1CCCC1. The van der Waals surface area contributed by atoms with Crippen molar-refractivity contribution < 1.29 is 4.79 Å². The lowest BCUT2D eigenvalue weighted by Gasteiger charge is -2.08.